The van der Waals surface area contributed by atoms with Crippen molar-refractivity contribution >= 4 is 12.0 Å². The van der Waals surface area contributed by atoms with Crippen molar-refractivity contribution in [3.8, 4) is 0 Å². The van der Waals surface area contributed by atoms with Crippen LogP contribution in [0, 0.1) is 5.92 Å². The lowest BCUT2D eigenvalue weighted by atomic mass is 10.3. The van der Waals surface area contributed by atoms with Gasteiger partial charge in [-0.1, -0.05) is 13.8 Å². The zero-order valence-electron chi connectivity index (χ0n) is 6.99. The maximum Gasteiger partial charge on any atom is 0.118 e. The highest BCUT2D eigenvalue weighted by Crippen LogP contribution is 2.11. The molecule has 0 unspecified atom stereocenters. The van der Waals surface area contributed by atoms with Crippen molar-refractivity contribution in [2.75, 3.05) is 19.0 Å². The summed E-state index contributed by atoms with van der Waals surface area (Å²) in [5.74, 6) is 1.45. The van der Waals surface area contributed by atoms with Gasteiger partial charge in [0.15, 0.2) is 0 Å². The van der Waals surface area contributed by atoms with Gasteiger partial charge in [-0.3, -0.25) is 0 Å². The molecule has 68 valence electrons. The summed E-state index contributed by atoms with van der Waals surface area (Å²) in [6.45, 7) is 3.93. The molecule has 0 rings (SSSR count). The predicted molar refractivity (Wildman–Crippen MR) is 46.3 cm³/mol. The second-order valence-electron chi connectivity index (χ2n) is 2.76. The number of rotatable bonds is 6. The summed E-state index contributed by atoms with van der Waals surface area (Å²) >= 11 is 1.30. The van der Waals surface area contributed by atoms with Gasteiger partial charge >= 0.3 is 0 Å². The molecule has 11 heavy (non-hydrogen) atoms. The third-order valence-corrected chi connectivity index (χ3v) is 2.22. The third-order valence-electron chi connectivity index (χ3n) is 1.01. The standard InChI is InChI=1S/C7H16O3S/c1-6(2)5-11-10-7(3-8)4-9/h6-9H,3-5H2,1-2H3. The quantitative estimate of drug-likeness (QED) is 0.590. The Labute approximate surface area is 72.0 Å². The molecule has 2 N–H and O–H groups in total. The molecule has 0 bridgehead atoms. The summed E-state index contributed by atoms with van der Waals surface area (Å²) < 4.78 is 5.07. The first-order valence-corrected chi connectivity index (χ1v) is 4.61. The molecule has 0 aromatic rings. The van der Waals surface area contributed by atoms with E-state index in [9.17, 15) is 0 Å². The smallest absolute Gasteiger partial charge is 0.118 e. The van der Waals surface area contributed by atoms with E-state index in [0.29, 0.717) is 5.92 Å². The van der Waals surface area contributed by atoms with Crippen LogP contribution in [0.4, 0.5) is 0 Å². The van der Waals surface area contributed by atoms with Gasteiger partial charge in [0.05, 0.1) is 13.2 Å². The van der Waals surface area contributed by atoms with Gasteiger partial charge in [0, 0.05) is 5.75 Å². The largest absolute Gasteiger partial charge is 0.394 e. The SMILES string of the molecule is CC(C)CSOC(CO)CO. The summed E-state index contributed by atoms with van der Waals surface area (Å²) in [7, 11) is 0. The molecule has 0 amide bonds. The van der Waals surface area contributed by atoms with Crippen molar-refractivity contribution in [1.29, 1.82) is 0 Å². The molecule has 0 radical (unpaired) electrons. The number of aliphatic hydroxyl groups is 2. The molecule has 0 aliphatic heterocycles. The van der Waals surface area contributed by atoms with E-state index in [1.54, 1.807) is 0 Å². The third kappa shape index (κ3) is 6.62. The van der Waals surface area contributed by atoms with Crippen molar-refractivity contribution in [1.82, 2.24) is 0 Å². The van der Waals surface area contributed by atoms with E-state index < -0.39 is 6.10 Å². The molecule has 0 aromatic carbocycles. The van der Waals surface area contributed by atoms with Crippen LogP contribution >= 0.6 is 12.0 Å². The van der Waals surface area contributed by atoms with Crippen LogP contribution in [0.2, 0.25) is 0 Å². The van der Waals surface area contributed by atoms with Crippen LogP contribution in [-0.2, 0) is 4.18 Å². The minimum absolute atomic E-state index is 0.123. The Balaban J connectivity index is 3.21. The molecular weight excluding hydrogens is 164 g/mol. The lowest BCUT2D eigenvalue weighted by molar-refractivity contribution is 0.0781. The molecule has 0 heterocycles. The Hall–Kier alpha value is 0.230. The second-order valence-corrected chi connectivity index (χ2v) is 3.52. The van der Waals surface area contributed by atoms with E-state index in [2.05, 4.69) is 13.8 Å². The summed E-state index contributed by atoms with van der Waals surface area (Å²) in [5, 5.41) is 17.2. The molecular formula is C7H16O3S. The molecule has 0 saturated carbocycles. The fourth-order valence-electron chi connectivity index (χ4n) is 0.390. The van der Waals surface area contributed by atoms with Crippen molar-refractivity contribution in [3.05, 3.63) is 0 Å². The van der Waals surface area contributed by atoms with Gasteiger partial charge in [0.2, 0.25) is 0 Å². The highest BCUT2D eigenvalue weighted by Gasteiger charge is 2.06. The van der Waals surface area contributed by atoms with Crippen LogP contribution in [0.1, 0.15) is 13.8 Å². The topological polar surface area (TPSA) is 49.7 Å². The first-order chi connectivity index (χ1) is 5.20. The van der Waals surface area contributed by atoms with Gasteiger partial charge in [-0.15, -0.1) is 0 Å². The van der Waals surface area contributed by atoms with Crippen molar-refractivity contribution in [2.45, 2.75) is 20.0 Å². The van der Waals surface area contributed by atoms with Crippen molar-refractivity contribution in [3.63, 3.8) is 0 Å². The maximum absolute atomic E-state index is 8.59. The van der Waals surface area contributed by atoms with Crippen LogP contribution in [-0.4, -0.2) is 35.3 Å². The average Bonchev–Trinajstić information content (AvgIpc) is 1.98. The van der Waals surface area contributed by atoms with Crippen LogP contribution in [0.25, 0.3) is 0 Å². The molecule has 0 aromatic heterocycles. The molecule has 0 atom stereocenters. The normalized spacial score (nSPS) is 11.5. The lowest BCUT2D eigenvalue weighted by Crippen LogP contribution is -2.19. The fraction of sp³-hybridized carbons (Fsp3) is 1.00. The lowest BCUT2D eigenvalue weighted by Gasteiger charge is -2.11. The van der Waals surface area contributed by atoms with E-state index in [4.69, 9.17) is 14.4 Å². The van der Waals surface area contributed by atoms with Crippen LogP contribution in [0.3, 0.4) is 0 Å². The predicted octanol–water partition coefficient (Wildman–Crippen LogP) is 0.660. The molecule has 0 fully saturated rings. The Bertz CT molecular complexity index is 83.8. The van der Waals surface area contributed by atoms with E-state index in [-0.39, 0.29) is 13.2 Å². The Morgan fingerprint density at radius 2 is 1.82 bits per heavy atom. The second kappa shape index (κ2) is 6.91. The van der Waals surface area contributed by atoms with E-state index >= 15 is 0 Å². The van der Waals surface area contributed by atoms with E-state index in [0.717, 1.165) is 5.75 Å². The summed E-state index contributed by atoms with van der Waals surface area (Å²) in [5.41, 5.74) is 0. The van der Waals surface area contributed by atoms with E-state index in [1.807, 2.05) is 0 Å². The van der Waals surface area contributed by atoms with Gasteiger partial charge in [0.25, 0.3) is 0 Å². The molecule has 0 spiro atoms. The first-order valence-electron chi connectivity index (χ1n) is 3.70. The number of hydrogen-bond acceptors (Lipinski definition) is 4. The molecule has 4 heteroatoms. The monoisotopic (exact) mass is 180 g/mol. The van der Waals surface area contributed by atoms with Gasteiger partial charge in [-0.25, -0.2) is 0 Å². The number of aliphatic hydroxyl groups excluding tert-OH is 2. The average molecular weight is 180 g/mol. The number of hydrogen-bond donors (Lipinski definition) is 2. The summed E-state index contributed by atoms with van der Waals surface area (Å²) in [6, 6.07) is 0. The van der Waals surface area contributed by atoms with Crippen molar-refractivity contribution in [2.24, 2.45) is 5.92 Å². The minimum Gasteiger partial charge on any atom is -0.394 e. The van der Waals surface area contributed by atoms with Crippen LogP contribution < -0.4 is 0 Å². The Morgan fingerprint density at radius 3 is 2.18 bits per heavy atom. The Kier molecular flexibility index (Phi) is 7.06. The minimum atomic E-state index is -0.432. The maximum atomic E-state index is 8.59. The van der Waals surface area contributed by atoms with Crippen LogP contribution in [0.15, 0.2) is 0 Å². The summed E-state index contributed by atoms with van der Waals surface area (Å²) in [4.78, 5) is 0. The zero-order valence-corrected chi connectivity index (χ0v) is 7.80. The van der Waals surface area contributed by atoms with Gasteiger partial charge in [0.1, 0.15) is 6.10 Å². The highest BCUT2D eigenvalue weighted by atomic mass is 32.2. The highest BCUT2D eigenvalue weighted by molar-refractivity contribution is 7.94. The molecule has 0 saturated heterocycles. The van der Waals surface area contributed by atoms with Crippen molar-refractivity contribution < 1.29 is 14.4 Å². The van der Waals surface area contributed by atoms with Crippen LogP contribution in [0.5, 0.6) is 0 Å². The molecule has 0 aliphatic carbocycles. The van der Waals surface area contributed by atoms with Gasteiger partial charge < -0.3 is 14.4 Å². The summed E-state index contributed by atoms with van der Waals surface area (Å²) in [6.07, 6.45) is -0.432. The molecule has 0 aliphatic rings. The van der Waals surface area contributed by atoms with E-state index in [1.165, 1.54) is 12.0 Å². The van der Waals surface area contributed by atoms with Gasteiger partial charge in [-0.2, -0.15) is 0 Å². The fourth-order valence-corrected chi connectivity index (χ4v) is 1.06. The zero-order chi connectivity index (χ0) is 8.69. The van der Waals surface area contributed by atoms with Gasteiger partial charge in [-0.05, 0) is 18.0 Å². The first kappa shape index (κ1) is 11.2. The molecule has 3 nitrogen and oxygen atoms in total. The Morgan fingerprint density at radius 1 is 1.27 bits per heavy atom.